The molecular formula is C28H29FN2O2. The van der Waals surface area contributed by atoms with Gasteiger partial charge in [0.1, 0.15) is 11.6 Å². The number of amides is 1. The highest BCUT2D eigenvalue weighted by Gasteiger charge is 2.40. The maximum absolute atomic E-state index is 13.3. The molecular weight excluding hydrogens is 415 g/mol. The van der Waals surface area contributed by atoms with Gasteiger partial charge in [-0.25, -0.2) is 4.39 Å². The molecule has 0 spiro atoms. The molecule has 0 unspecified atom stereocenters. The summed E-state index contributed by atoms with van der Waals surface area (Å²) in [5, 5.41) is 2.83. The molecule has 1 aliphatic rings. The fraction of sp³-hybridized carbons (Fsp3) is 0.286. The van der Waals surface area contributed by atoms with Crippen molar-refractivity contribution in [1.29, 1.82) is 0 Å². The molecule has 4 nitrogen and oxygen atoms in total. The van der Waals surface area contributed by atoms with Gasteiger partial charge in [0, 0.05) is 18.7 Å². The Hall–Kier alpha value is -3.31. The first-order chi connectivity index (χ1) is 16.0. The van der Waals surface area contributed by atoms with Crippen molar-refractivity contribution in [3.63, 3.8) is 0 Å². The number of carbonyl (C=O) groups is 2. The molecule has 33 heavy (non-hydrogen) atoms. The molecule has 1 heterocycles. The van der Waals surface area contributed by atoms with Gasteiger partial charge in [-0.05, 0) is 73.8 Å². The van der Waals surface area contributed by atoms with Gasteiger partial charge in [0.05, 0.1) is 5.41 Å². The normalized spacial score (nSPS) is 15.7. The fourth-order valence-corrected chi connectivity index (χ4v) is 4.65. The van der Waals surface area contributed by atoms with Gasteiger partial charge in [0.25, 0.3) is 5.91 Å². The summed E-state index contributed by atoms with van der Waals surface area (Å²) in [6.07, 6.45) is 1.62. The third-order valence-corrected chi connectivity index (χ3v) is 6.67. The van der Waals surface area contributed by atoms with Crippen molar-refractivity contribution in [1.82, 2.24) is 10.2 Å². The Bertz CT molecular complexity index is 1100. The predicted octanol–water partition coefficient (Wildman–Crippen LogP) is 4.88. The number of nitrogens with one attached hydrogen (secondary N) is 1. The van der Waals surface area contributed by atoms with E-state index in [4.69, 9.17) is 0 Å². The zero-order chi connectivity index (χ0) is 23.3. The van der Waals surface area contributed by atoms with Crippen LogP contribution in [0.2, 0.25) is 0 Å². The van der Waals surface area contributed by atoms with E-state index in [0.717, 1.165) is 49.2 Å². The van der Waals surface area contributed by atoms with Gasteiger partial charge >= 0.3 is 0 Å². The molecule has 5 heteroatoms. The third-order valence-electron chi connectivity index (χ3n) is 6.67. The smallest absolute Gasteiger partial charge is 0.251 e. The number of piperidine rings is 1. The lowest BCUT2D eigenvalue weighted by molar-refractivity contribution is -0.124. The number of carbonyl (C=O) groups excluding carboxylic acids is 2. The zero-order valence-corrected chi connectivity index (χ0v) is 18.9. The number of halogens is 1. The first-order valence-corrected chi connectivity index (χ1v) is 11.4. The summed E-state index contributed by atoms with van der Waals surface area (Å²) < 4.78 is 13.3. The van der Waals surface area contributed by atoms with Gasteiger partial charge in [-0.2, -0.15) is 0 Å². The fourth-order valence-electron chi connectivity index (χ4n) is 4.65. The molecule has 0 radical (unpaired) electrons. The van der Waals surface area contributed by atoms with Crippen molar-refractivity contribution < 1.29 is 14.0 Å². The second-order valence-corrected chi connectivity index (χ2v) is 8.79. The number of likely N-dealkylation sites (tertiary alicyclic amines) is 1. The molecule has 0 aliphatic carbocycles. The second-order valence-electron chi connectivity index (χ2n) is 8.79. The predicted molar refractivity (Wildman–Crippen MR) is 127 cm³/mol. The average Bonchev–Trinajstić information content (AvgIpc) is 2.84. The molecule has 1 fully saturated rings. The van der Waals surface area contributed by atoms with Crippen LogP contribution in [0.1, 0.15) is 46.8 Å². The monoisotopic (exact) mass is 444 g/mol. The Balaban J connectivity index is 1.32. The maximum atomic E-state index is 13.3. The molecule has 3 aromatic carbocycles. The van der Waals surface area contributed by atoms with Crippen LogP contribution in [0.4, 0.5) is 4.39 Å². The Morgan fingerprint density at radius 2 is 1.61 bits per heavy atom. The number of Topliss-reactive ketones (excluding diaryl/α,β-unsaturated/α-hetero) is 1. The van der Waals surface area contributed by atoms with E-state index < -0.39 is 0 Å². The minimum atomic E-state index is -0.388. The van der Waals surface area contributed by atoms with Crippen LogP contribution in [0.15, 0.2) is 78.9 Å². The van der Waals surface area contributed by atoms with E-state index in [9.17, 15) is 14.0 Å². The van der Waals surface area contributed by atoms with E-state index in [1.807, 2.05) is 42.5 Å². The van der Waals surface area contributed by atoms with Crippen molar-refractivity contribution in [3.05, 3.63) is 107 Å². The quantitative estimate of drug-likeness (QED) is 0.565. The van der Waals surface area contributed by atoms with Gasteiger partial charge in [-0.3, -0.25) is 14.5 Å². The van der Waals surface area contributed by atoms with Crippen molar-refractivity contribution in [2.45, 2.75) is 38.3 Å². The minimum Gasteiger partial charge on any atom is -0.348 e. The van der Waals surface area contributed by atoms with E-state index in [2.05, 4.69) is 22.3 Å². The van der Waals surface area contributed by atoms with E-state index in [0.29, 0.717) is 5.56 Å². The first-order valence-electron chi connectivity index (χ1n) is 11.4. The van der Waals surface area contributed by atoms with Crippen LogP contribution in [0.3, 0.4) is 0 Å². The number of hydrogen-bond donors (Lipinski definition) is 1. The lowest BCUT2D eigenvalue weighted by Crippen LogP contribution is -2.46. The number of rotatable bonds is 7. The molecule has 0 atom stereocenters. The third kappa shape index (κ3) is 5.37. The summed E-state index contributed by atoms with van der Waals surface area (Å²) >= 11 is 0. The summed E-state index contributed by atoms with van der Waals surface area (Å²) in [6.45, 7) is 4.48. The highest BCUT2D eigenvalue weighted by molar-refractivity contribution is 5.94. The molecule has 0 aromatic heterocycles. The molecule has 1 N–H and O–H groups in total. The lowest BCUT2D eigenvalue weighted by Gasteiger charge is -2.40. The van der Waals surface area contributed by atoms with Crippen LogP contribution < -0.4 is 5.32 Å². The van der Waals surface area contributed by atoms with E-state index in [-0.39, 0.29) is 29.5 Å². The van der Waals surface area contributed by atoms with Crippen LogP contribution in [0.25, 0.3) is 0 Å². The van der Waals surface area contributed by atoms with Gasteiger partial charge in [0.15, 0.2) is 0 Å². The molecule has 0 bridgehead atoms. The van der Waals surface area contributed by atoms with Crippen molar-refractivity contribution >= 4 is 11.7 Å². The second kappa shape index (κ2) is 10.1. The molecule has 4 rings (SSSR count). The molecule has 170 valence electrons. The van der Waals surface area contributed by atoms with Crippen LogP contribution in [0, 0.1) is 5.82 Å². The van der Waals surface area contributed by atoms with Crippen molar-refractivity contribution in [2.24, 2.45) is 0 Å². The van der Waals surface area contributed by atoms with Gasteiger partial charge in [-0.1, -0.05) is 54.6 Å². The maximum Gasteiger partial charge on any atom is 0.251 e. The Morgan fingerprint density at radius 1 is 0.909 bits per heavy atom. The summed E-state index contributed by atoms with van der Waals surface area (Å²) in [5.74, 6) is -0.257. The molecule has 3 aromatic rings. The van der Waals surface area contributed by atoms with E-state index >= 15 is 0 Å². The standard InChI is InChI=1S/C28H29FN2O2/c1-21(32)28(25-7-3-2-4-8-25)14-16-31(17-15-28)20-22-10-12-24(13-11-22)27(33)30-19-23-6-5-9-26(29)18-23/h2-13,18H,14-17,19-20H2,1H3,(H,30,33). The number of hydrogen-bond acceptors (Lipinski definition) is 3. The summed E-state index contributed by atoms with van der Waals surface area (Å²) in [5.41, 5.74) is 3.16. The Labute approximate surface area is 194 Å². The Morgan fingerprint density at radius 3 is 2.24 bits per heavy atom. The topological polar surface area (TPSA) is 49.4 Å². The van der Waals surface area contributed by atoms with Gasteiger partial charge in [-0.15, -0.1) is 0 Å². The van der Waals surface area contributed by atoms with Crippen LogP contribution in [-0.4, -0.2) is 29.7 Å². The number of ketones is 1. The van der Waals surface area contributed by atoms with Crippen LogP contribution in [-0.2, 0) is 23.3 Å². The average molecular weight is 445 g/mol. The number of benzene rings is 3. The summed E-state index contributed by atoms with van der Waals surface area (Å²) in [6, 6.07) is 23.9. The van der Waals surface area contributed by atoms with Crippen molar-refractivity contribution in [3.8, 4) is 0 Å². The highest BCUT2D eigenvalue weighted by Crippen LogP contribution is 2.36. The van der Waals surface area contributed by atoms with Crippen LogP contribution >= 0.6 is 0 Å². The summed E-state index contributed by atoms with van der Waals surface area (Å²) in [7, 11) is 0. The summed E-state index contributed by atoms with van der Waals surface area (Å²) in [4.78, 5) is 27.4. The molecule has 0 saturated carbocycles. The first kappa shape index (κ1) is 22.9. The SMILES string of the molecule is CC(=O)C1(c2ccccc2)CCN(Cc2ccc(C(=O)NCc3cccc(F)c3)cc2)CC1. The lowest BCUT2D eigenvalue weighted by atomic mass is 9.70. The van der Waals surface area contributed by atoms with E-state index in [1.54, 1.807) is 19.1 Å². The van der Waals surface area contributed by atoms with Crippen LogP contribution in [0.5, 0.6) is 0 Å². The molecule has 1 aliphatic heterocycles. The molecule has 1 amide bonds. The van der Waals surface area contributed by atoms with E-state index in [1.165, 1.54) is 12.1 Å². The highest BCUT2D eigenvalue weighted by atomic mass is 19.1. The largest absolute Gasteiger partial charge is 0.348 e. The molecule has 1 saturated heterocycles. The van der Waals surface area contributed by atoms with Gasteiger partial charge < -0.3 is 5.32 Å². The zero-order valence-electron chi connectivity index (χ0n) is 18.9. The number of nitrogens with zero attached hydrogens (tertiary/aromatic N) is 1. The van der Waals surface area contributed by atoms with Crippen molar-refractivity contribution in [2.75, 3.05) is 13.1 Å². The van der Waals surface area contributed by atoms with Gasteiger partial charge in [0.2, 0.25) is 0 Å². The minimum absolute atomic E-state index is 0.183. The Kier molecular flexibility index (Phi) is 6.99.